The van der Waals surface area contributed by atoms with E-state index in [9.17, 15) is 4.79 Å². The van der Waals surface area contributed by atoms with E-state index in [0.29, 0.717) is 6.42 Å². The number of hydrogen-bond acceptors (Lipinski definition) is 2. The van der Waals surface area contributed by atoms with Crippen LogP contribution in [0.25, 0.3) is 0 Å². The largest absolute Gasteiger partial charge is 0.497 e. The van der Waals surface area contributed by atoms with Crippen LogP contribution in [-0.4, -0.2) is 11.9 Å². The Morgan fingerprint density at radius 2 is 2.50 bits per heavy atom. The molecule has 0 aromatic heterocycles. The van der Waals surface area contributed by atoms with Crippen molar-refractivity contribution in [1.82, 2.24) is 0 Å². The first-order valence-electron chi connectivity index (χ1n) is 3.59. The van der Waals surface area contributed by atoms with E-state index in [1.807, 2.05) is 6.92 Å². The van der Waals surface area contributed by atoms with Gasteiger partial charge < -0.3 is 4.74 Å². The predicted molar refractivity (Wildman–Crippen MR) is 38.5 cm³/mol. The van der Waals surface area contributed by atoms with Gasteiger partial charge in [-0.3, -0.25) is 4.79 Å². The molecular weight excluding hydrogens is 128 g/mol. The standard InChI is InChI=1S/C8H12O2/c1-3-7-4-8(9)6(2)5-10-7/h5,7H,3-4H2,1-2H3. The summed E-state index contributed by atoms with van der Waals surface area (Å²) in [6.45, 7) is 3.81. The molecule has 0 bridgehead atoms. The highest BCUT2D eigenvalue weighted by Gasteiger charge is 2.18. The molecule has 0 spiro atoms. The first-order valence-corrected chi connectivity index (χ1v) is 3.59. The number of ether oxygens (including phenoxy) is 1. The third-order valence-corrected chi connectivity index (χ3v) is 1.75. The molecule has 0 N–H and O–H groups in total. The van der Waals surface area contributed by atoms with Crippen molar-refractivity contribution in [3.63, 3.8) is 0 Å². The number of rotatable bonds is 1. The summed E-state index contributed by atoms with van der Waals surface area (Å²) in [6.07, 6.45) is 3.16. The van der Waals surface area contributed by atoms with Gasteiger partial charge in [0.2, 0.25) is 0 Å². The Morgan fingerprint density at radius 3 is 3.00 bits per heavy atom. The molecule has 56 valence electrons. The highest BCUT2D eigenvalue weighted by molar-refractivity contribution is 5.95. The predicted octanol–water partition coefficient (Wildman–Crippen LogP) is 1.66. The minimum absolute atomic E-state index is 0.121. The second kappa shape index (κ2) is 2.86. The first kappa shape index (κ1) is 7.32. The molecular formula is C8H12O2. The van der Waals surface area contributed by atoms with Crippen molar-refractivity contribution in [3.8, 4) is 0 Å². The van der Waals surface area contributed by atoms with Crippen molar-refractivity contribution in [2.45, 2.75) is 32.8 Å². The Labute approximate surface area is 60.9 Å². The average Bonchev–Trinajstić information content (AvgIpc) is 1.95. The van der Waals surface area contributed by atoms with Crippen molar-refractivity contribution in [2.24, 2.45) is 0 Å². The first-order chi connectivity index (χ1) is 4.74. The summed E-state index contributed by atoms with van der Waals surface area (Å²) in [6, 6.07) is 0. The van der Waals surface area contributed by atoms with Crippen LogP contribution in [0.5, 0.6) is 0 Å². The molecule has 1 unspecified atom stereocenters. The molecule has 1 rings (SSSR count). The van der Waals surface area contributed by atoms with Crippen molar-refractivity contribution in [1.29, 1.82) is 0 Å². The number of carbonyl (C=O) groups excluding carboxylic acids is 1. The van der Waals surface area contributed by atoms with Gasteiger partial charge in [-0.2, -0.15) is 0 Å². The van der Waals surface area contributed by atoms with Gasteiger partial charge in [-0.05, 0) is 13.3 Å². The molecule has 0 saturated heterocycles. The van der Waals surface area contributed by atoms with Gasteiger partial charge in [0.1, 0.15) is 6.10 Å². The summed E-state index contributed by atoms with van der Waals surface area (Å²) in [5.74, 6) is 0.220. The maximum atomic E-state index is 11.0. The SMILES string of the molecule is CCC1CC(=O)C(C)=CO1. The van der Waals surface area contributed by atoms with E-state index in [4.69, 9.17) is 4.74 Å². The molecule has 10 heavy (non-hydrogen) atoms. The van der Waals surface area contributed by atoms with Gasteiger partial charge in [-0.15, -0.1) is 0 Å². The maximum absolute atomic E-state index is 11.0. The van der Waals surface area contributed by atoms with Crippen molar-refractivity contribution < 1.29 is 9.53 Å². The molecule has 0 aromatic carbocycles. The molecule has 1 aliphatic heterocycles. The topological polar surface area (TPSA) is 26.3 Å². The quantitative estimate of drug-likeness (QED) is 0.553. The van der Waals surface area contributed by atoms with Crippen LogP contribution in [0.1, 0.15) is 26.7 Å². The van der Waals surface area contributed by atoms with E-state index in [0.717, 1.165) is 12.0 Å². The van der Waals surface area contributed by atoms with Crippen LogP contribution in [0.4, 0.5) is 0 Å². The molecule has 0 fully saturated rings. The van der Waals surface area contributed by atoms with Gasteiger partial charge in [-0.25, -0.2) is 0 Å². The smallest absolute Gasteiger partial charge is 0.165 e. The van der Waals surface area contributed by atoms with Crippen LogP contribution in [0.3, 0.4) is 0 Å². The molecule has 1 atom stereocenters. The Kier molecular flexibility index (Phi) is 2.10. The molecule has 2 nitrogen and oxygen atoms in total. The normalized spacial score (nSPS) is 25.6. The molecule has 0 radical (unpaired) electrons. The summed E-state index contributed by atoms with van der Waals surface area (Å²) in [5, 5.41) is 0. The van der Waals surface area contributed by atoms with E-state index < -0.39 is 0 Å². The minimum atomic E-state index is 0.121. The van der Waals surface area contributed by atoms with Crippen LogP contribution in [0.15, 0.2) is 11.8 Å². The molecule has 0 amide bonds. The summed E-state index contributed by atoms with van der Waals surface area (Å²) in [4.78, 5) is 11.0. The summed E-state index contributed by atoms with van der Waals surface area (Å²) in [5.41, 5.74) is 0.740. The molecule has 0 aromatic rings. The van der Waals surface area contributed by atoms with Crippen LogP contribution in [0.2, 0.25) is 0 Å². The third kappa shape index (κ3) is 1.38. The second-order valence-corrected chi connectivity index (χ2v) is 2.59. The summed E-state index contributed by atoms with van der Waals surface area (Å²) < 4.78 is 5.23. The summed E-state index contributed by atoms with van der Waals surface area (Å²) in [7, 11) is 0. The van der Waals surface area contributed by atoms with Crippen molar-refractivity contribution >= 4 is 5.78 Å². The number of hydrogen-bond donors (Lipinski definition) is 0. The molecule has 1 aliphatic rings. The lowest BCUT2D eigenvalue weighted by Crippen LogP contribution is -2.20. The fourth-order valence-electron chi connectivity index (χ4n) is 0.920. The highest BCUT2D eigenvalue weighted by atomic mass is 16.5. The fraction of sp³-hybridized carbons (Fsp3) is 0.625. The van der Waals surface area contributed by atoms with E-state index >= 15 is 0 Å². The minimum Gasteiger partial charge on any atom is -0.497 e. The van der Waals surface area contributed by atoms with E-state index in [2.05, 4.69) is 0 Å². The molecule has 2 heteroatoms. The highest BCUT2D eigenvalue weighted by Crippen LogP contribution is 2.15. The Bertz CT molecular complexity index is 170. The Morgan fingerprint density at radius 1 is 1.80 bits per heavy atom. The number of Topliss-reactive ketones (excluding diaryl/α,β-unsaturated/α-hetero) is 1. The van der Waals surface area contributed by atoms with Crippen LogP contribution in [0, 0.1) is 0 Å². The second-order valence-electron chi connectivity index (χ2n) is 2.59. The summed E-state index contributed by atoms with van der Waals surface area (Å²) >= 11 is 0. The lowest BCUT2D eigenvalue weighted by molar-refractivity contribution is -0.119. The van der Waals surface area contributed by atoms with Gasteiger partial charge in [0.05, 0.1) is 6.26 Å². The zero-order chi connectivity index (χ0) is 7.56. The number of carbonyl (C=O) groups is 1. The van der Waals surface area contributed by atoms with Gasteiger partial charge in [0.25, 0.3) is 0 Å². The van der Waals surface area contributed by atoms with Crippen LogP contribution < -0.4 is 0 Å². The molecule has 0 aliphatic carbocycles. The lowest BCUT2D eigenvalue weighted by Gasteiger charge is -2.18. The average molecular weight is 140 g/mol. The van der Waals surface area contributed by atoms with Crippen LogP contribution in [-0.2, 0) is 9.53 Å². The zero-order valence-corrected chi connectivity index (χ0v) is 6.39. The van der Waals surface area contributed by atoms with Gasteiger partial charge >= 0.3 is 0 Å². The van der Waals surface area contributed by atoms with Crippen LogP contribution >= 0.6 is 0 Å². The maximum Gasteiger partial charge on any atom is 0.165 e. The lowest BCUT2D eigenvalue weighted by atomic mass is 10.0. The zero-order valence-electron chi connectivity index (χ0n) is 6.39. The fourth-order valence-corrected chi connectivity index (χ4v) is 0.920. The Hall–Kier alpha value is -0.790. The Balaban J connectivity index is 2.59. The van der Waals surface area contributed by atoms with Crippen molar-refractivity contribution in [2.75, 3.05) is 0 Å². The monoisotopic (exact) mass is 140 g/mol. The van der Waals surface area contributed by atoms with Gasteiger partial charge in [-0.1, -0.05) is 6.92 Å². The van der Waals surface area contributed by atoms with E-state index in [1.165, 1.54) is 0 Å². The third-order valence-electron chi connectivity index (χ3n) is 1.75. The number of ketones is 1. The number of allylic oxidation sites excluding steroid dienone is 1. The van der Waals surface area contributed by atoms with Gasteiger partial charge in [0, 0.05) is 12.0 Å². The van der Waals surface area contributed by atoms with E-state index in [1.54, 1.807) is 13.2 Å². The van der Waals surface area contributed by atoms with E-state index in [-0.39, 0.29) is 11.9 Å². The molecule has 1 heterocycles. The van der Waals surface area contributed by atoms with Gasteiger partial charge in [0.15, 0.2) is 5.78 Å². The van der Waals surface area contributed by atoms with Crippen molar-refractivity contribution in [3.05, 3.63) is 11.8 Å². The molecule has 0 saturated carbocycles.